The summed E-state index contributed by atoms with van der Waals surface area (Å²) in [6.45, 7) is 10.3. The molecule has 0 atom stereocenters. The molecule has 0 unspecified atom stereocenters. The minimum absolute atomic E-state index is 0.717. The van der Waals surface area contributed by atoms with E-state index in [2.05, 4.69) is 26.2 Å². The van der Waals surface area contributed by atoms with Crippen molar-refractivity contribution in [2.45, 2.75) is 19.6 Å². The molecule has 1 aromatic carbocycles. The van der Waals surface area contributed by atoms with Crippen molar-refractivity contribution in [3.05, 3.63) is 53.3 Å². The third-order valence-electron chi connectivity index (χ3n) is 1.77. The summed E-state index contributed by atoms with van der Waals surface area (Å²) in [5.41, 5.74) is 1.09. The van der Waals surface area contributed by atoms with Gasteiger partial charge in [0.15, 0.2) is 0 Å². The Morgan fingerprint density at radius 3 is 2.31 bits per heavy atom. The van der Waals surface area contributed by atoms with Gasteiger partial charge in [0.1, 0.15) is 0 Å². The van der Waals surface area contributed by atoms with Gasteiger partial charge in [-0.15, -0.1) is 0 Å². The zero-order chi connectivity index (χ0) is 12.2. The van der Waals surface area contributed by atoms with Crippen molar-refractivity contribution in [3.63, 3.8) is 0 Å². The van der Waals surface area contributed by atoms with Crippen molar-refractivity contribution >= 4 is 26.0 Å². The fraction of sp³-hybridized carbons (Fsp3) is 0.231. The number of benzene rings is 1. The van der Waals surface area contributed by atoms with Gasteiger partial charge in [-0.05, 0) is 43.4 Å². The van der Waals surface area contributed by atoms with Gasteiger partial charge in [-0.3, -0.25) is 0 Å². The zero-order valence-corrected chi connectivity index (χ0v) is 11.7. The quantitative estimate of drug-likeness (QED) is 0.428. The molecule has 0 aliphatic heterocycles. The predicted octanol–water partition coefficient (Wildman–Crippen LogP) is 4.72. The molecule has 0 aliphatic carbocycles. The third kappa shape index (κ3) is 5.19. The SMILES string of the molecule is C=C(C=Cc1ccc(Cl)cc1)O[Si](C)(C)C. The lowest BCUT2D eigenvalue weighted by molar-refractivity contribution is 0.445. The highest BCUT2D eigenvalue weighted by atomic mass is 35.5. The lowest BCUT2D eigenvalue weighted by Gasteiger charge is -2.18. The maximum absolute atomic E-state index is 5.80. The summed E-state index contributed by atoms with van der Waals surface area (Å²) in [4.78, 5) is 0. The molecule has 0 spiro atoms. The Morgan fingerprint density at radius 2 is 1.81 bits per heavy atom. The Labute approximate surface area is 104 Å². The van der Waals surface area contributed by atoms with Crippen LogP contribution in [0.4, 0.5) is 0 Å². The Kier molecular flexibility index (Phi) is 4.39. The van der Waals surface area contributed by atoms with E-state index in [-0.39, 0.29) is 0 Å². The largest absolute Gasteiger partial charge is 0.545 e. The lowest BCUT2D eigenvalue weighted by Crippen LogP contribution is -2.23. The number of halogens is 1. The Balaban J connectivity index is 2.60. The molecule has 0 aromatic heterocycles. The van der Waals surface area contributed by atoms with Crippen LogP contribution in [0.2, 0.25) is 24.7 Å². The third-order valence-corrected chi connectivity index (χ3v) is 2.90. The van der Waals surface area contributed by atoms with Gasteiger partial charge in [-0.1, -0.05) is 36.4 Å². The van der Waals surface area contributed by atoms with E-state index in [1.165, 1.54) is 0 Å². The van der Waals surface area contributed by atoms with E-state index in [0.29, 0.717) is 5.76 Å². The first kappa shape index (κ1) is 13.1. The first-order chi connectivity index (χ1) is 7.37. The van der Waals surface area contributed by atoms with E-state index in [0.717, 1.165) is 10.6 Å². The molecule has 0 amide bonds. The Morgan fingerprint density at radius 1 is 1.25 bits per heavy atom. The van der Waals surface area contributed by atoms with Crippen LogP contribution in [0, 0.1) is 0 Å². The smallest absolute Gasteiger partial charge is 0.242 e. The molecule has 0 N–H and O–H groups in total. The van der Waals surface area contributed by atoms with Crippen molar-refractivity contribution in [3.8, 4) is 0 Å². The van der Waals surface area contributed by atoms with E-state index in [1.807, 2.05) is 36.4 Å². The fourth-order valence-electron chi connectivity index (χ4n) is 1.19. The van der Waals surface area contributed by atoms with Crippen LogP contribution in [0.25, 0.3) is 6.08 Å². The van der Waals surface area contributed by atoms with E-state index in [4.69, 9.17) is 16.0 Å². The highest BCUT2D eigenvalue weighted by molar-refractivity contribution is 6.70. The average molecular weight is 253 g/mol. The Hall–Kier alpha value is -0.993. The van der Waals surface area contributed by atoms with Crippen molar-refractivity contribution in [1.29, 1.82) is 0 Å². The van der Waals surface area contributed by atoms with Gasteiger partial charge in [0.25, 0.3) is 0 Å². The summed E-state index contributed by atoms with van der Waals surface area (Å²) in [5.74, 6) is 0.717. The van der Waals surface area contributed by atoms with Crippen LogP contribution in [0.15, 0.2) is 42.7 Å². The minimum atomic E-state index is -1.54. The highest BCUT2D eigenvalue weighted by Gasteiger charge is 2.15. The van der Waals surface area contributed by atoms with Crippen LogP contribution >= 0.6 is 11.6 Å². The molecule has 16 heavy (non-hydrogen) atoms. The summed E-state index contributed by atoms with van der Waals surface area (Å²) in [6, 6.07) is 7.65. The molecule has 0 saturated heterocycles. The molecule has 3 heteroatoms. The van der Waals surface area contributed by atoms with E-state index < -0.39 is 8.32 Å². The lowest BCUT2D eigenvalue weighted by atomic mass is 10.2. The highest BCUT2D eigenvalue weighted by Crippen LogP contribution is 2.13. The first-order valence-corrected chi connectivity index (χ1v) is 8.97. The average Bonchev–Trinajstić information content (AvgIpc) is 2.14. The van der Waals surface area contributed by atoms with Gasteiger partial charge < -0.3 is 4.43 Å². The molecule has 1 nitrogen and oxygen atoms in total. The van der Waals surface area contributed by atoms with Gasteiger partial charge in [-0.25, -0.2) is 0 Å². The molecule has 0 saturated carbocycles. The Bertz CT molecular complexity index is 387. The summed E-state index contributed by atoms with van der Waals surface area (Å²) in [5, 5.41) is 0.745. The van der Waals surface area contributed by atoms with Crippen LogP contribution in [0.1, 0.15) is 5.56 Å². The minimum Gasteiger partial charge on any atom is -0.545 e. The summed E-state index contributed by atoms with van der Waals surface area (Å²) in [6.07, 6.45) is 3.86. The molecule has 1 aromatic rings. The van der Waals surface area contributed by atoms with Gasteiger partial charge in [-0.2, -0.15) is 0 Å². The molecule has 0 heterocycles. The van der Waals surface area contributed by atoms with Crippen LogP contribution in [0.5, 0.6) is 0 Å². The van der Waals surface area contributed by atoms with Crippen LogP contribution < -0.4 is 0 Å². The summed E-state index contributed by atoms with van der Waals surface area (Å²) >= 11 is 5.80. The van der Waals surface area contributed by atoms with Crippen molar-refractivity contribution in [1.82, 2.24) is 0 Å². The maximum atomic E-state index is 5.80. The fourth-order valence-corrected chi connectivity index (χ4v) is 2.17. The first-order valence-electron chi connectivity index (χ1n) is 5.18. The van der Waals surface area contributed by atoms with Gasteiger partial charge in [0.2, 0.25) is 8.32 Å². The topological polar surface area (TPSA) is 9.23 Å². The van der Waals surface area contributed by atoms with Crippen molar-refractivity contribution in [2.24, 2.45) is 0 Å². The number of allylic oxidation sites excluding steroid dienone is 1. The monoisotopic (exact) mass is 252 g/mol. The second-order valence-corrected chi connectivity index (χ2v) is 9.43. The molecular weight excluding hydrogens is 236 g/mol. The molecule has 0 fully saturated rings. The molecule has 1 rings (SSSR count). The molecular formula is C13H17ClOSi. The van der Waals surface area contributed by atoms with Crippen LogP contribution in [0.3, 0.4) is 0 Å². The normalized spacial score (nSPS) is 11.8. The van der Waals surface area contributed by atoms with Gasteiger partial charge >= 0.3 is 0 Å². The van der Waals surface area contributed by atoms with E-state index in [1.54, 1.807) is 0 Å². The molecule has 86 valence electrons. The number of hydrogen-bond donors (Lipinski definition) is 0. The number of rotatable bonds is 4. The van der Waals surface area contributed by atoms with E-state index >= 15 is 0 Å². The predicted molar refractivity (Wildman–Crippen MR) is 74.1 cm³/mol. The molecule has 0 aliphatic rings. The summed E-state index contributed by atoms with van der Waals surface area (Å²) in [7, 11) is -1.54. The van der Waals surface area contributed by atoms with E-state index in [9.17, 15) is 0 Å². The van der Waals surface area contributed by atoms with Crippen molar-refractivity contribution in [2.75, 3.05) is 0 Å². The van der Waals surface area contributed by atoms with Gasteiger partial charge in [0.05, 0.1) is 5.76 Å². The summed E-state index contributed by atoms with van der Waals surface area (Å²) < 4.78 is 5.71. The second-order valence-electron chi connectivity index (χ2n) is 4.57. The zero-order valence-electron chi connectivity index (χ0n) is 9.96. The molecule has 0 bridgehead atoms. The standard InChI is InChI=1S/C13H17ClOSi/c1-11(15-16(2,3)4)5-6-12-7-9-13(14)10-8-12/h5-10H,1H2,2-4H3. The van der Waals surface area contributed by atoms with Gasteiger partial charge in [0, 0.05) is 5.02 Å². The van der Waals surface area contributed by atoms with Crippen molar-refractivity contribution < 1.29 is 4.43 Å². The second kappa shape index (κ2) is 5.37. The van der Waals surface area contributed by atoms with Crippen LogP contribution in [-0.2, 0) is 4.43 Å². The molecule has 0 radical (unpaired) electrons. The van der Waals surface area contributed by atoms with Crippen LogP contribution in [-0.4, -0.2) is 8.32 Å². The number of hydrogen-bond acceptors (Lipinski definition) is 1. The maximum Gasteiger partial charge on any atom is 0.242 e.